The minimum atomic E-state index is -0.299. The molecule has 1 aromatic heterocycles. The Morgan fingerprint density at radius 1 is 1.06 bits per heavy atom. The van der Waals surface area contributed by atoms with E-state index in [2.05, 4.69) is 22.5 Å². The maximum Gasteiger partial charge on any atom is 0.257 e. The third-order valence-corrected chi connectivity index (χ3v) is 5.61. The van der Waals surface area contributed by atoms with Gasteiger partial charge in [0.05, 0.1) is 12.1 Å². The Balaban J connectivity index is 1.30. The largest absolute Gasteiger partial charge is 0.454 e. The third kappa shape index (κ3) is 5.40. The van der Waals surface area contributed by atoms with Crippen molar-refractivity contribution in [3.63, 3.8) is 0 Å². The maximum absolute atomic E-state index is 12.5. The number of benzene rings is 2. The highest BCUT2D eigenvalue weighted by Crippen LogP contribution is 2.32. The van der Waals surface area contributed by atoms with Gasteiger partial charge in [-0.3, -0.25) is 14.9 Å². The number of thiazole rings is 1. The lowest BCUT2D eigenvalue weighted by Gasteiger charge is -2.06. The number of anilines is 2. The summed E-state index contributed by atoms with van der Waals surface area (Å²) in [6, 6.07) is 12.9. The zero-order chi connectivity index (χ0) is 21.6. The Morgan fingerprint density at radius 2 is 1.87 bits per heavy atom. The number of fused-ring (bicyclic) bond motifs is 1. The molecule has 0 saturated heterocycles. The smallest absolute Gasteiger partial charge is 0.257 e. The van der Waals surface area contributed by atoms with Crippen molar-refractivity contribution in [3.05, 3.63) is 64.7 Å². The van der Waals surface area contributed by atoms with Gasteiger partial charge >= 0.3 is 0 Å². The van der Waals surface area contributed by atoms with Crippen molar-refractivity contribution in [1.29, 1.82) is 0 Å². The van der Waals surface area contributed by atoms with Crippen molar-refractivity contribution < 1.29 is 19.1 Å². The van der Waals surface area contributed by atoms with E-state index in [1.165, 1.54) is 16.9 Å². The molecule has 0 spiro atoms. The molecule has 3 aromatic rings. The van der Waals surface area contributed by atoms with Crippen LogP contribution < -0.4 is 20.1 Å². The zero-order valence-corrected chi connectivity index (χ0v) is 18.0. The Bertz CT molecular complexity index is 1080. The van der Waals surface area contributed by atoms with Crippen molar-refractivity contribution in [2.45, 2.75) is 32.6 Å². The van der Waals surface area contributed by atoms with Gasteiger partial charge in [-0.05, 0) is 48.7 Å². The number of carbonyl (C=O) groups is 2. The Labute approximate surface area is 184 Å². The Kier molecular flexibility index (Phi) is 6.47. The monoisotopic (exact) mass is 437 g/mol. The molecule has 0 aliphatic carbocycles. The fraction of sp³-hybridized carbons (Fsp3) is 0.261. The molecule has 2 aromatic carbocycles. The van der Waals surface area contributed by atoms with Gasteiger partial charge in [-0.15, -0.1) is 11.3 Å². The molecule has 2 N–H and O–H groups in total. The molecule has 160 valence electrons. The number of aryl methyl sites for hydroxylation is 1. The van der Waals surface area contributed by atoms with E-state index in [0.717, 1.165) is 24.9 Å². The van der Waals surface area contributed by atoms with Gasteiger partial charge in [-0.2, -0.15) is 0 Å². The number of hydrogen-bond donors (Lipinski definition) is 2. The van der Waals surface area contributed by atoms with Crippen LogP contribution in [0.3, 0.4) is 0 Å². The topological polar surface area (TPSA) is 89.6 Å². The van der Waals surface area contributed by atoms with Crippen LogP contribution in [0.4, 0.5) is 10.8 Å². The first-order valence-electron chi connectivity index (χ1n) is 10.1. The van der Waals surface area contributed by atoms with Crippen molar-refractivity contribution in [3.8, 4) is 11.5 Å². The summed E-state index contributed by atoms with van der Waals surface area (Å²) in [5, 5.41) is 7.84. The molecule has 31 heavy (non-hydrogen) atoms. The standard InChI is InChI=1S/C23H23N3O4S/c1-2-3-4-15-5-8-17(9-6-15)24-21(27)12-18-13-31-23(25-18)26-22(28)16-7-10-19-20(11-16)30-14-29-19/h5-11,13H,2-4,12,14H2,1H3,(H,24,27)(H,25,26,28). The molecule has 7 nitrogen and oxygen atoms in total. The van der Waals surface area contributed by atoms with Crippen LogP contribution in [0.5, 0.6) is 11.5 Å². The van der Waals surface area contributed by atoms with Crippen molar-refractivity contribution in [1.82, 2.24) is 4.98 Å². The minimum Gasteiger partial charge on any atom is -0.454 e. The predicted octanol–water partition coefficient (Wildman–Crippen LogP) is 4.65. The molecular formula is C23H23N3O4S. The van der Waals surface area contributed by atoms with Crippen molar-refractivity contribution in [2.24, 2.45) is 0 Å². The van der Waals surface area contributed by atoms with Crippen LogP contribution in [-0.4, -0.2) is 23.6 Å². The number of amides is 2. The maximum atomic E-state index is 12.5. The summed E-state index contributed by atoms with van der Waals surface area (Å²) in [6.45, 7) is 2.32. The van der Waals surface area contributed by atoms with E-state index in [4.69, 9.17) is 9.47 Å². The van der Waals surface area contributed by atoms with Gasteiger partial charge in [0, 0.05) is 16.6 Å². The van der Waals surface area contributed by atoms with E-state index in [1.807, 2.05) is 24.3 Å². The van der Waals surface area contributed by atoms with E-state index in [9.17, 15) is 9.59 Å². The second-order valence-corrected chi connectivity index (χ2v) is 8.05. The van der Waals surface area contributed by atoms with E-state index in [1.54, 1.807) is 23.6 Å². The van der Waals surface area contributed by atoms with Crippen LogP contribution in [0, 0.1) is 0 Å². The summed E-state index contributed by atoms with van der Waals surface area (Å²) < 4.78 is 10.6. The average molecular weight is 438 g/mol. The number of nitrogens with zero attached hydrogens (tertiary/aromatic N) is 1. The molecule has 2 heterocycles. The predicted molar refractivity (Wildman–Crippen MR) is 120 cm³/mol. The van der Waals surface area contributed by atoms with E-state index in [0.29, 0.717) is 27.9 Å². The van der Waals surface area contributed by atoms with Crippen molar-refractivity contribution >= 4 is 34.0 Å². The van der Waals surface area contributed by atoms with Crippen molar-refractivity contribution in [2.75, 3.05) is 17.4 Å². The highest BCUT2D eigenvalue weighted by atomic mass is 32.1. The van der Waals surface area contributed by atoms with Crippen LogP contribution in [0.2, 0.25) is 0 Å². The highest BCUT2D eigenvalue weighted by molar-refractivity contribution is 7.14. The first-order valence-corrected chi connectivity index (χ1v) is 11.0. The van der Waals surface area contributed by atoms with Gasteiger partial charge < -0.3 is 14.8 Å². The van der Waals surface area contributed by atoms with Gasteiger partial charge in [0.1, 0.15) is 0 Å². The molecule has 0 fully saturated rings. The van der Waals surface area contributed by atoms with Gasteiger partial charge in [-0.25, -0.2) is 4.98 Å². The molecule has 0 bridgehead atoms. The molecule has 4 rings (SSSR count). The molecule has 0 atom stereocenters. The molecule has 2 amide bonds. The fourth-order valence-electron chi connectivity index (χ4n) is 3.16. The first-order chi connectivity index (χ1) is 15.1. The SMILES string of the molecule is CCCCc1ccc(NC(=O)Cc2csc(NC(=O)c3ccc4c(c3)OCO4)n2)cc1. The number of unbranched alkanes of at least 4 members (excludes halogenated alkanes) is 1. The Hall–Kier alpha value is -3.39. The van der Waals surface area contributed by atoms with Gasteiger partial charge in [-0.1, -0.05) is 25.5 Å². The summed E-state index contributed by atoms with van der Waals surface area (Å²) in [5.74, 6) is 0.712. The summed E-state index contributed by atoms with van der Waals surface area (Å²) in [7, 11) is 0. The number of carbonyl (C=O) groups excluding carboxylic acids is 2. The Morgan fingerprint density at radius 3 is 2.68 bits per heavy atom. The lowest BCUT2D eigenvalue weighted by molar-refractivity contribution is -0.115. The number of hydrogen-bond acceptors (Lipinski definition) is 6. The summed E-state index contributed by atoms with van der Waals surface area (Å²) in [6.07, 6.45) is 3.49. The normalized spacial score (nSPS) is 11.9. The van der Waals surface area contributed by atoms with Gasteiger partial charge in [0.2, 0.25) is 12.7 Å². The van der Waals surface area contributed by atoms with E-state index >= 15 is 0 Å². The van der Waals surface area contributed by atoms with Crippen LogP contribution in [0.1, 0.15) is 41.4 Å². The number of aromatic nitrogens is 1. The molecule has 1 aliphatic heterocycles. The highest BCUT2D eigenvalue weighted by Gasteiger charge is 2.17. The van der Waals surface area contributed by atoms with Crippen LogP contribution >= 0.6 is 11.3 Å². The zero-order valence-electron chi connectivity index (χ0n) is 17.1. The summed E-state index contributed by atoms with van der Waals surface area (Å²) in [5.41, 5.74) is 3.07. The van der Waals surface area contributed by atoms with E-state index < -0.39 is 0 Å². The van der Waals surface area contributed by atoms with Crippen LogP contribution in [0.15, 0.2) is 47.8 Å². The van der Waals surface area contributed by atoms with E-state index in [-0.39, 0.29) is 25.0 Å². The summed E-state index contributed by atoms with van der Waals surface area (Å²) >= 11 is 1.28. The number of nitrogens with one attached hydrogen (secondary N) is 2. The number of ether oxygens (including phenoxy) is 2. The van der Waals surface area contributed by atoms with Gasteiger partial charge in [0.25, 0.3) is 5.91 Å². The lowest BCUT2D eigenvalue weighted by Crippen LogP contribution is -2.15. The fourth-order valence-corrected chi connectivity index (χ4v) is 3.86. The second kappa shape index (κ2) is 9.61. The molecular weight excluding hydrogens is 414 g/mol. The molecule has 8 heteroatoms. The van der Waals surface area contributed by atoms with Crippen LogP contribution in [-0.2, 0) is 17.6 Å². The average Bonchev–Trinajstić information content (AvgIpc) is 3.41. The molecule has 0 unspecified atom stereocenters. The first kappa shape index (κ1) is 20.9. The second-order valence-electron chi connectivity index (χ2n) is 7.19. The molecule has 1 aliphatic rings. The van der Waals surface area contributed by atoms with Crippen LogP contribution in [0.25, 0.3) is 0 Å². The third-order valence-electron chi connectivity index (χ3n) is 4.81. The molecule has 0 radical (unpaired) electrons. The van der Waals surface area contributed by atoms with Gasteiger partial charge in [0.15, 0.2) is 16.6 Å². The minimum absolute atomic E-state index is 0.133. The quantitative estimate of drug-likeness (QED) is 0.536. The lowest BCUT2D eigenvalue weighted by atomic mass is 10.1. The summed E-state index contributed by atoms with van der Waals surface area (Å²) in [4.78, 5) is 29.1. The number of rotatable bonds is 8. The molecule has 0 saturated carbocycles.